The van der Waals surface area contributed by atoms with Crippen molar-refractivity contribution in [3.63, 3.8) is 0 Å². The molecular formula is C7H5ClN2OS. The van der Waals surface area contributed by atoms with Gasteiger partial charge in [0.1, 0.15) is 5.52 Å². The van der Waals surface area contributed by atoms with Crippen LogP contribution in [0.25, 0.3) is 11.1 Å². The van der Waals surface area contributed by atoms with Crippen LogP contribution in [-0.4, -0.2) is 16.2 Å². The van der Waals surface area contributed by atoms with E-state index in [-0.39, 0.29) is 0 Å². The third kappa shape index (κ3) is 1.17. The van der Waals surface area contributed by atoms with Crippen LogP contribution in [0.1, 0.15) is 0 Å². The molecule has 12 heavy (non-hydrogen) atoms. The molecule has 2 heterocycles. The highest BCUT2D eigenvalue weighted by Gasteiger charge is 2.07. The maximum atomic E-state index is 5.77. The molecule has 0 saturated heterocycles. The molecule has 0 saturated carbocycles. The van der Waals surface area contributed by atoms with Crippen LogP contribution >= 0.6 is 23.4 Å². The largest absolute Gasteiger partial charge is 0.428 e. The smallest absolute Gasteiger partial charge is 0.256 e. The summed E-state index contributed by atoms with van der Waals surface area (Å²) in [5.74, 6) is 0. The predicted octanol–water partition coefficient (Wildman–Crippen LogP) is 2.60. The van der Waals surface area contributed by atoms with Gasteiger partial charge in [-0.2, -0.15) is 0 Å². The summed E-state index contributed by atoms with van der Waals surface area (Å²) in [5, 5.41) is 0.972. The molecule has 5 heteroatoms. The van der Waals surface area contributed by atoms with Crippen molar-refractivity contribution in [1.29, 1.82) is 0 Å². The van der Waals surface area contributed by atoms with E-state index in [0.29, 0.717) is 16.0 Å². The highest BCUT2D eigenvalue weighted by Crippen LogP contribution is 2.25. The summed E-state index contributed by atoms with van der Waals surface area (Å²) in [6, 6.07) is 1.77. The lowest BCUT2D eigenvalue weighted by Crippen LogP contribution is -1.73. The second kappa shape index (κ2) is 2.95. The van der Waals surface area contributed by atoms with Gasteiger partial charge in [0.05, 0.1) is 0 Å². The van der Waals surface area contributed by atoms with Gasteiger partial charge in [0.2, 0.25) is 0 Å². The van der Waals surface area contributed by atoms with Crippen molar-refractivity contribution in [2.24, 2.45) is 0 Å². The number of hydrogen-bond donors (Lipinski definition) is 0. The molecule has 2 rings (SSSR count). The van der Waals surface area contributed by atoms with E-state index >= 15 is 0 Å². The lowest BCUT2D eigenvalue weighted by atomic mass is 10.4. The van der Waals surface area contributed by atoms with Crippen molar-refractivity contribution >= 4 is 34.5 Å². The number of aromatic nitrogens is 2. The number of hydrogen-bond acceptors (Lipinski definition) is 4. The fourth-order valence-corrected chi connectivity index (χ4v) is 1.44. The van der Waals surface area contributed by atoms with Crippen molar-refractivity contribution in [1.82, 2.24) is 9.97 Å². The summed E-state index contributed by atoms with van der Waals surface area (Å²) in [4.78, 5) is 8.04. The van der Waals surface area contributed by atoms with Crippen molar-refractivity contribution in [3.05, 3.63) is 17.4 Å². The first-order valence-corrected chi connectivity index (χ1v) is 4.86. The van der Waals surface area contributed by atoms with Crippen LogP contribution in [0.5, 0.6) is 0 Å². The van der Waals surface area contributed by atoms with Crippen molar-refractivity contribution in [2.75, 3.05) is 6.26 Å². The van der Waals surface area contributed by atoms with Crippen molar-refractivity contribution < 1.29 is 4.42 Å². The maximum Gasteiger partial charge on any atom is 0.256 e. The molecule has 0 unspecified atom stereocenters. The lowest BCUT2D eigenvalue weighted by molar-refractivity contribution is 0.489. The zero-order chi connectivity index (χ0) is 8.55. The van der Waals surface area contributed by atoms with Gasteiger partial charge in [-0.3, -0.25) is 0 Å². The zero-order valence-corrected chi connectivity index (χ0v) is 7.82. The quantitative estimate of drug-likeness (QED) is 0.524. The van der Waals surface area contributed by atoms with Gasteiger partial charge in [-0.25, -0.2) is 9.97 Å². The molecule has 0 N–H and O–H groups in total. The van der Waals surface area contributed by atoms with Gasteiger partial charge < -0.3 is 4.42 Å². The minimum absolute atomic E-state index is 0.361. The summed E-state index contributed by atoms with van der Waals surface area (Å²) in [6.45, 7) is 0. The summed E-state index contributed by atoms with van der Waals surface area (Å²) in [6.07, 6.45) is 3.50. The Morgan fingerprint density at radius 3 is 3.08 bits per heavy atom. The second-order valence-corrected chi connectivity index (χ2v) is 3.25. The molecule has 3 nitrogen and oxygen atoms in total. The van der Waals surface area contributed by atoms with Crippen molar-refractivity contribution in [3.8, 4) is 0 Å². The summed E-state index contributed by atoms with van der Waals surface area (Å²) >= 11 is 7.21. The minimum atomic E-state index is 0.361. The summed E-state index contributed by atoms with van der Waals surface area (Å²) in [5.41, 5.74) is 1.31. The average Bonchev–Trinajstić information content (AvgIpc) is 2.49. The van der Waals surface area contributed by atoms with Gasteiger partial charge in [-0.05, 0) is 12.3 Å². The third-order valence-electron chi connectivity index (χ3n) is 1.42. The van der Waals surface area contributed by atoms with Gasteiger partial charge >= 0.3 is 0 Å². The normalized spacial score (nSPS) is 10.8. The first kappa shape index (κ1) is 7.89. The zero-order valence-electron chi connectivity index (χ0n) is 6.24. The molecule has 0 aliphatic carbocycles. The van der Waals surface area contributed by atoms with E-state index in [1.54, 1.807) is 12.3 Å². The number of nitrogens with zero attached hydrogens (tertiary/aromatic N) is 2. The van der Waals surface area contributed by atoms with E-state index in [1.165, 1.54) is 11.8 Å². The molecule has 0 aliphatic heterocycles. The molecule has 0 bridgehead atoms. The molecule has 0 amide bonds. The Labute approximate surface area is 78.1 Å². The van der Waals surface area contributed by atoms with E-state index in [4.69, 9.17) is 16.0 Å². The van der Waals surface area contributed by atoms with E-state index in [2.05, 4.69) is 9.97 Å². The minimum Gasteiger partial charge on any atom is -0.428 e. The van der Waals surface area contributed by atoms with Crippen molar-refractivity contribution in [2.45, 2.75) is 5.22 Å². The first-order valence-electron chi connectivity index (χ1n) is 3.26. The molecule has 0 aliphatic rings. The molecular weight excluding hydrogens is 196 g/mol. The topological polar surface area (TPSA) is 38.9 Å². The lowest BCUT2D eigenvalue weighted by Gasteiger charge is -1.86. The van der Waals surface area contributed by atoms with E-state index in [9.17, 15) is 0 Å². The second-order valence-electron chi connectivity index (χ2n) is 2.13. The Hall–Kier alpha value is -0.740. The number of fused-ring (bicyclic) bond motifs is 1. The SMILES string of the molecule is CSc1nc2ccnc(Cl)c2o1. The molecule has 2 aromatic heterocycles. The Morgan fingerprint density at radius 1 is 1.58 bits per heavy atom. The Balaban J connectivity index is 2.74. The highest BCUT2D eigenvalue weighted by atomic mass is 35.5. The first-order chi connectivity index (χ1) is 5.81. The Bertz CT molecular complexity index is 415. The van der Waals surface area contributed by atoms with Crippen LogP contribution in [0.15, 0.2) is 21.9 Å². The van der Waals surface area contributed by atoms with Gasteiger partial charge in [-0.1, -0.05) is 23.4 Å². The van der Waals surface area contributed by atoms with Gasteiger partial charge in [0.15, 0.2) is 10.7 Å². The summed E-state index contributed by atoms with van der Waals surface area (Å²) in [7, 11) is 0. The van der Waals surface area contributed by atoms with Crippen LogP contribution in [0, 0.1) is 0 Å². The number of pyridine rings is 1. The molecule has 0 fully saturated rings. The number of thioether (sulfide) groups is 1. The maximum absolute atomic E-state index is 5.77. The average molecular weight is 201 g/mol. The summed E-state index contributed by atoms with van der Waals surface area (Å²) < 4.78 is 5.31. The molecule has 2 aromatic rings. The number of halogens is 1. The molecule has 0 radical (unpaired) electrons. The van der Waals surface area contributed by atoms with E-state index < -0.39 is 0 Å². The van der Waals surface area contributed by atoms with Gasteiger partial charge in [-0.15, -0.1) is 0 Å². The number of rotatable bonds is 1. The molecule has 0 spiro atoms. The molecule has 0 aromatic carbocycles. The van der Waals surface area contributed by atoms with E-state index in [1.807, 2.05) is 6.26 Å². The fourth-order valence-electron chi connectivity index (χ4n) is 0.892. The standard InChI is InChI=1S/C7H5ClN2OS/c1-12-7-10-4-2-3-9-6(8)5(4)11-7/h2-3H,1H3. The van der Waals surface area contributed by atoms with E-state index in [0.717, 1.165) is 5.52 Å². The van der Waals surface area contributed by atoms with Crippen LogP contribution < -0.4 is 0 Å². The van der Waals surface area contributed by atoms with Crippen LogP contribution in [0.2, 0.25) is 5.15 Å². The molecule has 0 atom stereocenters. The fraction of sp³-hybridized carbons (Fsp3) is 0.143. The monoisotopic (exact) mass is 200 g/mol. The Kier molecular flexibility index (Phi) is 1.94. The van der Waals surface area contributed by atoms with Crippen LogP contribution in [-0.2, 0) is 0 Å². The third-order valence-corrected chi connectivity index (χ3v) is 2.21. The van der Waals surface area contributed by atoms with Crippen LogP contribution in [0.3, 0.4) is 0 Å². The Morgan fingerprint density at radius 2 is 2.42 bits per heavy atom. The highest BCUT2D eigenvalue weighted by molar-refractivity contribution is 7.98. The predicted molar refractivity (Wildman–Crippen MR) is 48.6 cm³/mol. The van der Waals surface area contributed by atoms with Crippen LogP contribution in [0.4, 0.5) is 0 Å². The van der Waals surface area contributed by atoms with Gasteiger partial charge in [0.25, 0.3) is 5.22 Å². The van der Waals surface area contributed by atoms with Gasteiger partial charge in [0, 0.05) is 6.20 Å². The molecule has 62 valence electrons. The number of oxazole rings is 1.